The Balaban J connectivity index is 1.26. The van der Waals surface area contributed by atoms with Crippen LogP contribution in [0.1, 0.15) is 44.2 Å². The van der Waals surface area contributed by atoms with Crippen LogP contribution in [0.4, 0.5) is 5.13 Å². The number of morpholine rings is 1. The first kappa shape index (κ1) is 29.8. The van der Waals surface area contributed by atoms with Crippen molar-refractivity contribution in [1.29, 1.82) is 0 Å². The summed E-state index contributed by atoms with van der Waals surface area (Å²) >= 11 is 1.41. The summed E-state index contributed by atoms with van der Waals surface area (Å²) in [5.41, 5.74) is 3.41. The highest BCUT2D eigenvalue weighted by Crippen LogP contribution is 2.35. The zero-order valence-electron chi connectivity index (χ0n) is 24.3. The molecule has 0 aliphatic carbocycles. The van der Waals surface area contributed by atoms with E-state index in [0.29, 0.717) is 29.1 Å². The number of nitrogens with one attached hydrogen (secondary N) is 1. The topological polar surface area (TPSA) is 91.8 Å². The van der Waals surface area contributed by atoms with Gasteiger partial charge in [-0.25, -0.2) is 13.4 Å². The smallest absolute Gasteiger partial charge is 0.243 e. The molecule has 10 heteroatoms. The Hall–Kier alpha value is -2.63. The lowest BCUT2D eigenvalue weighted by atomic mass is 9.89. The van der Waals surface area contributed by atoms with Crippen LogP contribution in [0.2, 0.25) is 0 Å². The van der Waals surface area contributed by atoms with Gasteiger partial charge in [-0.3, -0.25) is 9.69 Å². The Bertz CT molecular complexity index is 1450. The Labute approximate surface area is 247 Å². The number of likely N-dealkylation sites (tertiary alicyclic amines) is 1. The monoisotopic (exact) mass is 596 g/mol. The Kier molecular flexibility index (Phi) is 8.96. The fourth-order valence-corrected chi connectivity index (χ4v) is 8.23. The van der Waals surface area contributed by atoms with Crippen molar-refractivity contribution < 1.29 is 17.9 Å². The summed E-state index contributed by atoms with van der Waals surface area (Å²) in [6.45, 7) is 10.3. The molecule has 0 saturated carbocycles. The maximum Gasteiger partial charge on any atom is 0.243 e. The molecule has 5 rings (SSSR count). The van der Waals surface area contributed by atoms with Gasteiger partial charge >= 0.3 is 0 Å². The van der Waals surface area contributed by atoms with Crippen LogP contribution in [-0.4, -0.2) is 72.9 Å². The first-order valence-electron chi connectivity index (χ1n) is 14.3. The lowest BCUT2D eigenvalue weighted by Gasteiger charge is -2.50. The number of hydrogen-bond donors (Lipinski definition) is 1. The Morgan fingerprint density at radius 2 is 1.78 bits per heavy atom. The number of rotatable bonds is 8. The number of hydrogen-bond acceptors (Lipinski definition) is 7. The van der Waals surface area contributed by atoms with Crippen molar-refractivity contribution >= 4 is 32.4 Å². The molecule has 2 aliphatic heterocycles. The molecule has 1 N–H and O–H groups in total. The average Bonchev–Trinajstić information content (AvgIpc) is 3.38. The molecule has 2 aromatic carbocycles. The average molecular weight is 597 g/mol. The molecule has 2 saturated heterocycles. The van der Waals surface area contributed by atoms with E-state index in [4.69, 9.17) is 4.74 Å². The van der Waals surface area contributed by atoms with Crippen LogP contribution < -0.4 is 5.32 Å². The second kappa shape index (κ2) is 12.3. The standard InChI is InChI=1S/C31H40N4O4S2/c1-22(2)16-26-18-39-31(21-35(26)41(37,38)27-12-8-24(4)9-13-27)14-5-15-34(20-31)17-29(36)33-30-32-28(19-40-30)25-10-6-23(3)7-11-25/h6-13,19,22,26H,5,14-18,20-21H2,1-4H3,(H,32,33,36)/t26-,31+/m0/s1. The largest absolute Gasteiger partial charge is 0.371 e. The molecule has 3 aromatic rings. The highest BCUT2D eigenvalue weighted by Gasteiger charge is 2.47. The first-order valence-corrected chi connectivity index (χ1v) is 16.6. The Morgan fingerprint density at radius 1 is 1.10 bits per heavy atom. The highest BCUT2D eigenvalue weighted by atomic mass is 32.2. The molecule has 1 amide bonds. The molecule has 2 atom stereocenters. The van der Waals surface area contributed by atoms with E-state index >= 15 is 0 Å². The van der Waals surface area contributed by atoms with Gasteiger partial charge in [-0.2, -0.15) is 4.31 Å². The summed E-state index contributed by atoms with van der Waals surface area (Å²) in [5, 5.41) is 5.46. The minimum Gasteiger partial charge on any atom is -0.371 e. The molecule has 3 heterocycles. The number of carbonyl (C=O) groups excluding carboxylic acids is 1. The van der Waals surface area contributed by atoms with Gasteiger partial charge in [0.25, 0.3) is 0 Å². The minimum atomic E-state index is -3.70. The van der Waals surface area contributed by atoms with Gasteiger partial charge in [0.15, 0.2) is 5.13 Å². The fraction of sp³-hybridized carbons (Fsp3) is 0.484. The summed E-state index contributed by atoms with van der Waals surface area (Å²) < 4.78 is 35.9. The minimum absolute atomic E-state index is 0.135. The number of ether oxygens (including phenoxy) is 1. The molecular weight excluding hydrogens is 556 g/mol. The van der Waals surface area contributed by atoms with Crippen molar-refractivity contribution in [3.8, 4) is 11.3 Å². The maximum absolute atomic E-state index is 13.9. The van der Waals surface area contributed by atoms with Crippen LogP contribution in [0.25, 0.3) is 11.3 Å². The van der Waals surface area contributed by atoms with Gasteiger partial charge < -0.3 is 10.1 Å². The van der Waals surface area contributed by atoms with Crippen molar-refractivity contribution in [1.82, 2.24) is 14.2 Å². The third kappa shape index (κ3) is 7.06. The number of piperidine rings is 1. The van der Waals surface area contributed by atoms with Gasteiger partial charge in [-0.1, -0.05) is 61.4 Å². The molecule has 0 unspecified atom stereocenters. The highest BCUT2D eigenvalue weighted by molar-refractivity contribution is 7.89. The summed E-state index contributed by atoms with van der Waals surface area (Å²) in [5.74, 6) is 0.196. The number of nitrogens with zero attached hydrogens (tertiary/aromatic N) is 3. The number of carbonyl (C=O) groups is 1. The van der Waals surface area contributed by atoms with Gasteiger partial charge in [0.05, 0.1) is 29.3 Å². The Morgan fingerprint density at radius 3 is 2.46 bits per heavy atom. The van der Waals surface area contributed by atoms with Gasteiger partial charge in [-0.15, -0.1) is 11.3 Å². The number of aromatic nitrogens is 1. The third-order valence-electron chi connectivity index (χ3n) is 7.89. The van der Waals surface area contributed by atoms with Crippen molar-refractivity contribution in [3.05, 3.63) is 65.0 Å². The van der Waals surface area contributed by atoms with Crippen molar-refractivity contribution in [2.75, 3.05) is 38.1 Å². The van der Waals surface area contributed by atoms with E-state index in [1.54, 1.807) is 16.4 Å². The van der Waals surface area contributed by atoms with Crippen LogP contribution in [-0.2, 0) is 19.6 Å². The summed E-state index contributed by atoms with van der Waals surface area (Å²) in [7, 11) is -3.70. The molecule has 41 heavy (non-hydrogen) atoms. The number of benzene rings is 2. The molecule has 0 radical (unpaired) electrons. The molecule has 2 fully saturated rings. The zero-order valence-corrected chi connectivity index (χ0v) is 25.9. The lowest BCUT2D eigenvalue weighted by Crippen LogP contribution is -2.64. The second-order valence-electron chi connectivity index (χ2n) is 11.9. The van der Waals surface area contributed by atoms with Crippen LogP contribution in [0.15, 0.2) is 58.8 Å². The molecule has 1 spiro atoms. The zero-order chi connectivity index (χ0) is 29.2. The predicted molar refractivity (Wildman–Crippen MR) is 164 cm³/mol. The number of sulfonamides is 1. The number of thiazole rings is 1. The summed E-state index contributed by atoms with van der Waals surface area (Å²) in [4.78, 5) is 20.0. The van der Waals surface area contributed by atoms with Crippen LogP contribution in [0.5, 0.6) is 0 Å². The maximum atomic E-state index is 13.9. The quantitative estimate of drug-likeness (QED) is 0.378. The summed E-state index contributed by atoms with van der Waals surface area (Å²) in [6.07, 6.45) is 2.31. The van der Waals surface area contributed by atoms with E-state index in [9.17, 15) is 13.2 Å². The van der Waals surface area contributed by atoms with E-state index in [2.05, 4.69) is 29.0 Å². The third-order valence-corrected chi connectivity index (χ3v) is 10.6. The molecule has 1 aromatic heterocycles. The molecule has 2 aliphatic rings. The molecular formula is C31H40N4O4S2. The van der Waals surface area contributed by atoms with Crippen molar-refractivity contribution in [2.24, 2.45) is 5.92 Å². The molecule has 220 valence electrons. The van der Waals surface area contributed by atoms with E-state index in [1.807, 2.05) is 55.6 Å². The van der Waals surface area contributed by atoms with Gasteiger partial charge in [0.1, 0.15) is 0 Å². The molecule has 0 bridgehead atoms. The summed E-state index contributed by atoms with van der Waals surface area (Å²) in [6, 6.07) is 15.0. The van der Waals surface area contributed by atoms with Crippen LogP contribution in [0.3, 0.4) is 0 Å². The fourth-order valence-electron chi connectivity index (χ4n) is 5.79. The van der Waals surface area contributed by atoms with E-state index in [0.717, 1.165) is 42.6 Å². The second-order valence-corrected chi connectivity index (χ2v) is 14.7. The number of amides is 1. The number of anilines is 1. The van der Waals surface area contributed by atoms with E-state index in [-0.39, 0.29) is 25.0 Å². The SMILES string of the molecule is Cc1ccc(-c2csc(NC(=O)CN3CCC[C@@]4(C3)CN(S(=O)(=O)c3ccc(C)cc3)[C@@H](CC(C)C)CO4)n2)cc1. The van der Waals surface area contributed by atoms with E-state index < -0.39 is 15.6 Å². The number of aryl methyl sites for hydroxylation is 2. The van der Waals surface area contributed by atoms with Gasteiger partial charge in [0, 0.05) is 30.1 Å². The van der Waals surface area contributed by atoms with Crippen LogP contribution in [0, 0.1) is 19.8 Å². The van der Waals surface area contributed by atoms with Crippen molar-refractivity contribution in [3.63, 3.8) is 0 Å². The van der Waals surface area contributed by atoms with Gasteiger partial charge in [-0.05, 0) is 57.7 Å². The predicted octanol–water partition coefficient (Wildman–Crippen LogP) is 5.34. The van der Waals surface area contributed by atoms with Crippen LogP contribution >= 0.6 is 11.3 Å². The lowest BCUT2D eigenvalue weighted by molar-refractivity contribution is -0.146. The van der Waals surface area contributed by atoms with E-state index in [1.165, 1.54) is 16.9 Å². The molecule has 8 nitrogen and oxygen atoms in total. The van der Waals surface area contributed by atoms with Gasteiger partial charge in [0.2, 0.25) is 15.9 Å². The first-order chi connectivity index (χ1) is 19.5. The van der Waals surface area contributed by atoms with Crippen molar-refractivity contribution in [2.45, 2.75) is 63.5 Å². The normalized spacial score (nSPS) is 22.3.